The Morgan fingerprint density at radius 1 is 1.31 bits per heavy atom. The Labute approximate surface area is 182 Å². The molecule has 3 amide bonds. The number of carbonyl (C=O) groups is 3. The Morgan fingerprint density at radius 2 is 2.00 bits per heavy atom. The summed E-state index contributed by atoms with van der Waals surface area (Å²) in [5, 5.41) is 22.5. The van der Waals surface area contributed by atoms with Gasteiger partial charge < -0.3 is 25.4 Å². The third-order valence-corrected chi connectivity index (χ3v) is 4.91. The van der Waals surface area contributed by atoms with Crippen molar-refractivity contribution in [1.29, 1.82) is 5.26 Å². The second-order valence-corrected chi connectivity index (χ2v) is 7.85. The van der Waals surface area contributed by atoms with Gasteiger partial charge in [0.2, 0.25) is 11.8 Å². The van der Waals surface area contributed by atoms with Crippen LogP contribution in [-0.4, -0.2) is 52.9 Å². The van der Waals surface area contributed by atoms with E-state index in [4.69, 9.17) is 10.4 Å². The summed E-state index contributed by atoms with van der Waals surface area (Å²) < 4.78 is 42.0. The van der Waals surface area contributed by atoms with E-state index in [0.717, 1.165) is 6.07 Å². The van der Waals surface area contributed by atoms with Gasteiger partial charge in [0.15, 0.2) is 0 Å². The van der Waals surface area contributed by atoms with E-state index in [1.807, 2.05) is 0 Å². The van der Waals surface area contributed by atoms with Crippen LogP contribution in [0.15, 0.2) is 18.2 Å². The fourth-order valence-electron chi connectivity index (χ4n) is 3.41. The zero-order valence-electron chi connectivity index (χ0n) is 17.5. The molecule has 0 aromatic heterocycles. The summed E-state index contributed by atoms with van der Waals surface area (Å²) in [6.07, 6.45) is -5.35. The maximum absolute atomic E-state index is 12.7. The molecule has 0 bridgehead atoms. The second kappa shape index (κ2) is 9.76. The van der Waals surface area contributed by atoms with Crippen LogP contribution in [0.25, 0.3) is 0 Å². The Kier molecular flexibility index (Phi) is 7.56. The molecular weight excluding hydrogens is 433 g/mol. The number of halogens is 3. The lowest BCUT2D eigenvalue weighted by atomic mass is 9.94. The number of amides is 3. The quantitative estimate of drug-likeness (QED) is 0.602. The molecule has 1 saturated heterocycles. The van der Waals surface area contributed by atoms with Crippen molar-refractivity contribution in [2.75, 3.05) is 13.1 Å². The van der Waals surface area contributed by atoms with E-state index in [1.165, 1.54) is 30.9 Å². The molecular formula is C20H23F3N4O5. The number of nitrogens with zero attached hydrogens (tertiary/aromatic N) is 2. The molecule has 0 spiro atoms. The molecule has 3 N–H and O–H groups in total. The number of carboxylic acid groups (broad SMARTS) is 1. The lowest BCUT2D eigenvalue weighted by molar-refractivity contribution is -0.274. The number of benzene rings is 1. The van der Waals surface area contributed by atoms with Crippen molar-refractivity contribution in [3.63, 3.8) is 0 Å². The molecule has 1 aliphatic heterocycles. The standard InChI is InChI=1S/C20H23F3N4O5/c1-19(2,26-18(30)31)17(29)27-7-3-4-14(11-27)16(28)25-10-13-6-5-12(9-24)8-15(13)32-20(21,22)23/h5-6,8,14,26H,3-4,7,10-11H2,1-2H3,(H,25,28)(H,30,31). The van der Waals surface area contributed by atoms with Gasteiger partial charge in [-0.05, 0) is 38.8 Å². The maximum atomic E-state index is 12.7. The minimum Gasteiger partial charge on any atom is -0.465 e. The number of alkyl halides is 3. The summed E-state index contributed by atoms with van der Waals surface area (Å²) in [4.78, 5) is 37.6. The highest BCUT2D eigenvalue weighted by molar-refractivity contribution is 5.89. The largest absolute Gasteiger partial charge is 0.573 e. The zero-order chi connectivity index (χ0) is 24.1. The molecule has 1 atom stereocenters. The predicted octanol–water partition coefficient (Wildman–Crippen LogP) is 2.36. The smallest absolute Gasteiger partial charge is 0.465 e. The van der Waals surface area contributed by atoms with E-state index in [0.29, 0.717) is 19.4 Å². The predicted molar refractivity (Wildman–Crippen MR) is 104 cm³/mol. The summed E-state index contributed by atoms with van der Waals surface area (Å²) in [5.41, 5.74) is -1.38. The van der Waals surface area contributed by atoms with Gasteiger partial charge in [-0.1, -0.05) is 6.07 Å². The molecule has 0 aliphatic carbocycles. The summed E-state index contributed by atoms with van der Waals surface area (Å²) in [5.74, 6) is -2.14. The van der Waals surface area contributed by atoms with E-state index < -0.39 is 41.5 Å². The van der Waals surface area contributed by atoms with Crippen molar-refractivity contribution in [3.05, 3.63) is 29.3 Å². The van der Waals surface area contributed by atoms with E-state index in [9.17, 15) is 27.6 Å². The van der Waals surface area contributed by atoms with Gasteiger partial charge in [-0.3, -0.25) is 9.59 Å². The first-order valence-corrected chi connectivity index (χ1v) is 9.69. The molecule has 0 radical (unpaired) electrons. The minimum atomic E-state index is -4.96. The molecule has 2 rings (SSSR count). The van der Waals surface area contributed by atoms with Crippen LogP contribution in [0, 0.1) is 17.2 Å². The average molecular weight is 456 g/mol. The number of nitrogens with one attached hydrogen (secondary N) is 2. The van der Waals surface area contributed by atoms with E-state index in [1.54, 1.807) is 6.07 Å². The summed E-state index contributed by atoms with van der Waals surface area (Å²) in [6, 6.07) is 5.23. The van der Waals surface area contributed by atoms with Gasteiger partial charge >= 0.3 is 12.5 Å². The van der Waals surface area contributed by atoms with Crippen LogP contribution >= 0.6 is 0 Å². The first kappa shape index (κ1) is 24.8. The van der Waals surface area contributed by atoms with E-state index in [-0.39, 0.29) is 24.2 Å². The number of likely N-dealkylation sites (tertiary alicyclic amines) is 1. The topological polar surface area (TPSA) is 132 Å². The first-order valence-electron chi connectivity index (χ1n) is 9.69. The van der Waals surface area contributed by atoms with Gasteiger partial charge in [0, 0.05) is 25.2 Å². The van der Waals surface area contributed by atoms with Gasteiger partial charge in [0.1, 0.15) is 11.3 Å². The van der Waals surface area contributed by atoms with E-state index in [2.05, 4.69) is 15.4 Å². The number of piperidine rings is 1. The van der Waals surface area contributed by atoms with Crippen LogP contribution in [0.5, 0.6) is 5.75 Å². The number of rotatable bonds is 6. The number of hydrogen-bond donors (Lipinski definition) is 3. The van der Waals surface area contributed by atoms with Gasteiger partial charge in [0.25, 0.3) is 0 Å². The normalized spacial score (nSPS) is 16.6. The van der Waals surface area contributed by atoms with Crippen LogP contribution in [0.2, 0.25) is 0 Å². The zero-order valence-corrected chi connectivity index (χ0v) is 17.5. The molecule has 1 aromatic rings. The third kappa shape index (κ3) is 6.76. The molecule has 174 valence electrons. The number of carbonyl (C=O) groups excluding carboxylic acids is 2. The molecule has 1 fully saturated rings. The Balaban J connectivity index is 2.05. The fourth-order valence-corrected chi connectivity index (χ4v) is 3.41. The lowest BCUT2D eigenvalue weighted by Gasteiger charge is -2.37. The number of nitriles is 1. The van der Waals surface area contributed by atoms with Crippen molar-refractivity contribution >= 4 is 17.9 Å². The highest BCUT2D eigenvalue weighted by atomic mass is 19.4. The second-order valence-electron chi connectivity index (χ2n) is 7.85. The average Bonchev–Trinajstić information content (AvgIpc) is 2.70. The first-order chi connectivity index (χ1) is 14.8. The van der Waals surface area contributed by atoms with Crippen molar-refractivity contribution in [2.45, 2.75) is 45.1 Å². The SMILES string of the molecule is CC(C)(NC(=O)O)C(=O)N1CCCC(C(=O)NCc2ccc(C#N)cc2OC(F)(F)F)C1. The van der Waals surface area contributed by atoms with Crippen molar-refractivity contribution < 1.29 is 37.4 Å². The van der Waals surface area contributed by atoms with Gasteiger partial charge in [-0.2, -0.15) is 5.26 Å². The van der Waals surface area contributed by atoms with Crippen LogP contribution in [-0.2, 0) is 16.1 Å². The summed E-state index contributed by atoms with van der Waals surface area (Å²) in [6.45, 7) is 2.97. The van der Waals surface area contributed by atoms with Gasteiger partial charge in [-0.25, -0.2) is 4.79 Å². The van der Waals surface area contributed by atoms with Crippen LogP contribution < -0.4 is 15.4 Å². The summed E-state index contributed by atoms with van der Waals surface area (Å²) in [7, 11) is 0. The highest BCUT2D eigenvalue weighted by Gasteiger charge is 2.37. The van der Waals surface area contributed by atoms with Crippen molar-refractivity contribution in [1.82, 2.24) is 15.5 Å². The summed E-state index contributed by atoms with van der Waals surface area (Å²) >= 11 is 0. The van der Waals surface area contributed by atoms with Crippen molar-refractivity contribution in [2.24, 2.45) is 5.92 Å². The maximum Gasteiger partial charge on any atom is 0.573 e. The van der Waals surface area contributed by atoms with Crippen LogP contribution in [0.4, 0.5) is 18.0 Å². The Morgan fingerprint density at radius 3 is 2.59 bits per heavy atom. The molecule has 32 heavy (non-hydrogen) atoms. The van der Waals surface area contributed by atoms with Crippen molar-refractivity contribution in [3.8, 4) is 11.8 Å². The highest BCUT2D eigenvalue weighted by Crippen LogP contribution is 2.28. The molecule has 1 heterocycles. The third-order valence-electron chi connectivity index (χ3n) is 4.91. The molecule has 9 nitrogen and oxygen atoms in total. The minimum absolute atomic E-state index is 0.0293. The lowest BCUT2D eigenvalue weighted by Crippen LogP contribution is -2.58. The molecule has 1 aromatic carbocycles. The monoisotopic (exact) mass is 456 g/mol. The van der Waals surface area contributed by atoms with Gasteiger partial charge in [-0.15, -0.1) is 13.2 Å². The molecule has 1 aliphatic rings. The van der Waals surface area contributed by atoms with Crippen LogP contribution in [0.1, 0.15) is 37.8 Å². The molecule has 1 unspecified atom stereocenters. The number of hydrogen-bond acceptors (Lipinski definition) is 5. The van der Waals surface area contributed by atoms with Crippen LogP contribution in [0.3, 0.4) is 0 Å². The number of ether oxygens (including phenoxy) is 1. The van der Waals surface area contributed by atoms with E-state index >= 15 is 0 Å². The molecule has 12 heteroatoms. The van der Waals surface area contributed by atoms with Gasteiger partial charge in [0.05, 0.1) is 17.6 Å². The Bertz CT molecular complexity index is 927. The molecule has 0 saturated carbocycles. The Hall–Kier alpha value is -3.49. The fraction of sp³-hybridized carbons (Fsp3) is 0.500.